The summed E-state index contributed by atoms with van der Waals surface area (Å²) >= 11 is 5.93. The highest BCUT2D eigenvalue weighted by Gasteiger charge is 2.13. The second kappa shape index (κ2) is 7.88. The molecule has 0 aliphatic heterocycles. The SMILES string of the molecule is CC(CCCC(C)C(=O)O)Nc1cc(Cl)ccc1C(N)=O. The average Bonchev–Trinajstić information content (AvgIpc) is 2.37. The van der Waals surface area contributed by atoms with E-state index in [0.29, 0.717) is 22.7 Å². The zero-order valence-electron chi connectivity index (χ0n) is 12.2. The zero-order valence-corrected chi connectivity index (χ0v) is 13.0. The van der Waals surface area contributed by atoms with Gasteiger partial charge in [0.2, 0.25) is 0 Å². The fourth-order valence-corrected chi connectivity index (χ4v) is 2.21. The molecular weight excluding hydrogens is 292 g/mol. The third kappa shape index (κ3) is 5.63. The van der Waals surface area contributed by atoms with Gasteiger partial charge in [0.1, 0.15) is 0 Å². The van der Waals surface area contributed by atoms with Crippen LogP contribution in [0.5, 0.6) is 0 Å². The lowest BCUT2D eigenvalue weighted by Gasteiger charge is -2.18. The lowest BCUT2D eigenvalue weighted by atomic mass is 10.0. The molecule has 0 aliphatic rings. The van der Waals surface area contributed by atoms with Crippen LogP contribution in [-0.2, 0) is 4.79 Å². The van der Waals surface area contributed by atoms with Crippen molar-refractivity contribution in [3.63, 3.8) is 0 Å². The zero-order chi connectivity index (χ0) is 16.0. The molecule has 116 valence electrons. The summed E-state index contributed by atoms with van der Waals surface area (Å²) in [6.07, 6.45) is 2.20. The van der Waals surface area contributed by atoms with Crippen molar-refractivity contribution in [3.05, 3.63) is 28.8 Å². The molecule has 1 rings (SSSR count). The number of nitrogens with two attached hydrogens (primary N) is 1. The quantitative estimate of drug-likeness (QED) is 0.687. The summed E-state index contributed by atoms with van der Waals surface area (Å²) in [4.78, 5) is 22.1. The van der Waals surface area contributed by atoms with E-state index in [1.54, 1.807) is 25.1 Å². The van der Waals surface area contributed by atoms with Gasteiger partial charge in [0.25, 0.3) is 5.91 Å². The van der Waals surface area contributed by atoms with Gasteiger partial charge in [-0.3, -0.25) is 9.59 Å². The van der Waals surface area contributed by atoms with Gasteiger partial charge >= 0.3 is 5.97 Å². The lowest BCUT2D eigenvalue weighted by Crippen LogP contribution is -2.20. The van der Waals surface area contributed by atoms with Gasteiger partial charge in [-0.05, 0) is 38.0 Å². The van der Waals surface area contributed by atoms with Crippen molar-refractivity contribution < 1.29 is 14.7 Å². The number of primary amides is 1. The minimum Gasteiger partial charge on any atom is -0.481 e. The Hall–Kier alpha value is -1.75. The van der Waals surface area contributed by atoms with Crippen LogP contribution in [0.25, 0.3) is 0 Å². The van der Waals surface area contributed by atoms with Crippen molar-refractivity contribution in [1.29, 1.82) is 0 Å². The Kier molecular flexibility index (Phi) is 6.49. The third-order valence-corrected chi connectivity index (χ3v) is 3.58. The Balaban J connectivity index is 2.58. The number of benzene rings is 1. The molecule has 21 heavy (non-hydrogen) atoms. The van der Waals surface area contributed by atoms with Crippen LogP contribution in [0.3, 0.4) is 0 Å². The monoisotopic (exact) mass is 312 g/mol. The van der Waals surface area contributed by atoms with E-state index >= 15 is 0 Å². The van der Waals surface area contributed by atoms with Crippen molar-refractivity contribution >= 4 is 29.2 Å². The first-order valence-electron chi connectivity index (χ1n) is 6.90. The summed E-state index contributed by atoms with van der Waals surface area (Å²) in [5.74, 6) is -1.63. The first-order valence-corrected chi connectivity index (χ1v) is 7.27. The number of hydrogen-bond acceptors (Lipinski definition) is 3. The van der Waals surface area contributed by atoms with Gasteiger partial charge in [-0.2, -0.15) is 0 Å². The number of hydrogen-bond donors (Lipinski definition) is 3. The Morgan fingerprint density at radius 3 is 2.57 bits per heavy atom. The van der Waals surface area contributed by atoms with Crippen LogP contribution in [-0.4, -0.2) is 23.0 Å². The molecule has 4 N–H and O–H groups in total. The number of anilines is 1. The molecular formula is C15H21ClN2O3. The number of carboxylic acids is 1. The van der Waals surface area contributed by atoms with Crippen LogP contribution < -0.4 is 11.1 Å². The lowest BCUT2D eigenvalue weighted by molar-refractivity contribution is -0.141. The summed E-state index contributed by atoms with van der Waals surface area (Å²) < 4.78 is 0. The van der Waals surface area contributed by atoms with Gasteiger partial charge in [0.05, 0.1) is 11.5 Å². The molecule has 0 saturated carbocycles. The summed E-state index contributed by atoms with van der Waals surface area (Å²) in [6.45, 7) is 3.67. The first kappa shape index (κ1) is 17.3. The molecule has 0 heterocycles. The van der Waals surface area contributed by atoms with Gasteiger partial charge in [0, 0.05) is 16.8 Å². The van der Waals surface area contributed by atoms with Gasteiger partial charge in [-0.25, -0.2) is 0 Å². The van der Waals surface area contributed by atoms with E-state index in [2.05, 4.69) is 5.32 Å². The Morgan fingerprint density at radius 1 is 1.33 bits per heavy atom. The summed E-state index contributed by atoms with van der Waals surface area (Å²) in [7, 11) is 0. The van der Waals surface area contributed by atoms with Crippen LogP contribution >= 0.6 is 11.6 Å². The number of amides is 1. The molecule has 0 aromatic heterocycles. The second-order valence-corrected chi connectivity index (χ2v) is 5.71. The highest BCUT2D eigenvalue weighted by molar-refractivity contribution is 6.31. The molecule has 1 amide bonds. The minimum atomic E-state index is -0.776. The van der Waals surface area contributed by atoms with E-state index < -0.39 is 11.9 Å². The third-order valence-electron chi connectivity index (χ3n) is 3.34. The Morgan fingerprint density at radius 2 is 2.00 bits per heavy atom. The normalized spacial score (nSPS) is 13.5. The first-order chi connectivity index (χ1) is 9.81. The molecule has 6 heteroatoms. The molecule has 5 nitrogen and oxygen atoms in total. The standard InChI is InChI=1S/C15H21ClN2O3/c1-9(15(20)21)4-3-5-10(2)18-13-8-11(16)6-7-12(13)14(17)19/h6-10,18H,3-5H2,1-2H3,(H2,17,19)(H,20,21). The number of nitrogens with one attached hydrogen (secondary N) is 1. The maximum Gasteiger partial charge on any atom is 0.306 e. The van der Waals surface area contributed by atoms with Crippen LogP contribution in [0, 0.1) is 5.92 Å². The summed E-state index contributed by atoms with van der Waals surface area (Å²) in [5.41, 5.74) is 6.33. The molecule has 0 radical (unpaired) electrons. The van der Waals surface area contributed by atoms with Crippen molar-refractivity contribution in [1.82, 2.24) is 0 Å². The van der Waals surface area contributed by atoms with Gasteiger partial charge < -0.3 is 16.2 Å². The van der Waals surface area contributed by atoms with E-state index in [1.165, 1.54) is 0 Å². The van der Waals surface area contributed by atoms with E-state index in [0.717, 1.165) is 12.8 Å². The number of carbonyl (C=O) groups is 2. The van der Waals surface area contributed by atoms with Crippen LogP contribution in [0.1, 0.15) is 43.5 Å². The highest BCUT2D eigenvalue weighted by Crippen LogP contribution is 2.22. The van der Waals surface area contributed by atoms with Gasteiger partial charge in [-0.1, -0.05) is 24.9 Å². The van der Waals surface area contributed by atoms with Crippen molar-refractivity contribution in [2.75, 3.05) is 5.32 Å². The van der Waals surface area contributed by atoms with E-state index in [1.807, 2.05) is 6.92 Å². The molecule has 1 aromatic rings. The average molecular weight is 313 g/mol. The number of aliphatic carboxylic acids is 1. The van der Waals surface area contributed by atoms with Crippen LogP contribution in [0.4, 0.5) is 5.69 Å². The maximum absolute atomic E-state index is 11.4. The van der Waals surface area contributed by atoms with Crippen molar-refractivity contribution in [3.8, 4) is 0 Å². The van der Waals surface area contributed by atoms with E-state index in [-0.39, 0.29) is 12.0 Å². The van der Waals surface area contributed by atoms with Crippen molar-refractivity contribution in [2.45, 2.75) is 39.2 Å². The fraction of sp³-hybridized carbons (Fsp3) is 0.467. The van der Waals surface area contributed by atoms with E-state index in [9.17, 15) is 9.59 Å². The Labute approximate surface area is 129 Å². The molecule has 0 saturated heterocycles. The second-order valence-electron chi connectivity index (χ2n) is 5.27. The number of carboxylic acid groups (broad SMARTS) is 1. The van der Waals surface area contributed by atoms with Crippen molar-refractivity contribution in [2.24, 2.45) is 11.7 Å². The van der Waals surface area contributed by atoms with E-state index in [4.69, 9.17) is 22.4 Å². The molecule has 0 spiro atoms. The molecule has 2 unspecified atom stereocenters. The largest absolute Gasteiger partial charge is 0.481 e. The Bertz CT molecular complexity index is 520. The molecule has 0 aliphatic carbocycles. The molecule has 2 atom stereocenters. The maximum atomic E-state index is 11.4. The predicted molar refractivity (Wildman–Crippen MR) is 83.7 cm³/mol. The molecule has 0 fully saturated rings. The topological polar surface area (TPSA) is 92.4 Å². The van der Waals surface area contributed by atoms with Gasteiger partial charge in [-0.15, -0.1) is 0 Å². The van der Waals surface area contributed by atoms with Gasteiger partial charge in [0.15, 0.2) is 0 Å². The minimum absolute atomic E-state index is 0.0857. The summed E-state index contributed by atoms with van der Waals surface area (Å²) in [6, 6.07) is 4.96. The molecule has 1 aromatic carbocycles. The number of halogens is 1. The predicted octanol–water partition coefficient (Wildman–Crippen LogP) is 3.13. The highest BCUT2D eigenvalue weighted by atomic mass is 35.5. The number of rotatable bonds is 8. The molecule has 0 bridgehead atoms. The smallest absolute Gasteiger partial charge is 0.306 e. The van der Waals surface area contributed by atoms with Crippen LogP contribution in [0.2, 0.25) is 5.02 Å². The van der Waals surface area contributed by atoms with Crippen LogP contribution in [0.15, 0.2) is 18.2 Å². The summed E-state index contributed by atoms with van der Waals surface area (Å²) in [5, 5.41) is 12.6. The number of carbonyl (C=O) groups excluding carboxylic acids is 1. The fourth-order valence-electron chi connectivity index (χ4n) is 2.04.